The van der Waals surface area contributed by atoms with Gasteiger partial charge in [0.2, 0.25) is 0 Å². The van der Waals surface area contributed by atoms with Crippen LogP contribution in [0.25, 0.3) is 0 Å². The van der Waals surface area contributed by atoms with Crippen molar-refractivity contribution in [2.75, 3.05) is 5.73 Å². The Labute approximate surface area is 96.4 Å². The minimum atomic E-state index is -0.476. The topological polar surface area (TPSA) is 81.2 Å². The number of hydrogen-bond donors (Lipinski definition) is 2. The Kier molecular flexibility index (Phi) is 3.04. The molecule has 0 aliphatic rings. The predicted molar refractivity (Wildman–Crippen MR) is 58.5 cm³/mol. The first-order chi connectivity index (χ1) is 8.16. The van der Waals surface area contributed by atoms with E-state index in [1.807, 2.05) is 0 Å². The van der Waals surface area contributed by atoms with Crippen molar-refractivity contribution in [3.05, 3.63) is 47.6 Å². The summed E-state index contributed by atoms with van der Waals surface area (Å²) in [5, 5.41) is 6.24. The standard InChI is InChI=1S/C11H10FN3O2/c12-7-1-2-9(10(13)5-7)11(16)14-6-8-3-4-17-15-8/h1-5H,6,13H2,(H,14,16). The molecule has 2 rings (SSSR count). The van der Waals surface area contributed by atoms with Gasteiger partial charge >= 0.3 is 0 Å². The molecule has 1 aromatic carbocycles. The molecular formula is C11H10FN3O2. The number of hydrogen-bond acceptors (Lipinski definition) is 4. The van der Waals surface area contributed by atoms with Crippen LogP contribution in [0.4, 0.5) is 10.1 Å². The third-order valence-electron chi connectivity index (χ3n) is 2.18. The summed E-state index contributed by atoms with van der Waals surface area (Å²) in [5.41, 5.74) is 6.46. The molecule has 1 aromatic heterocycles. The van der Waals surface area contributed by atoms with Gasteiger partial charge in [-0.05, 0) is 18.2 Å². The lowest BCUT2D eigenvalue weighted by atomic mass is 10.1. The first-order valence-electron chi connectivity index (χ1n) is 4.89. The number of amides is 1. The van der Waals surface area contributed by atoms with E-state index in [9.17, 15) is 9.18 Å². The van der Waals surface area contributed by atoms with Gasteiger partial charge < -0.3 is 15.6 Å². The van der Waals surface area contributed by atoms with Gasteiger partial charge in [-0.1, -0.05) is 5.16 Å². The molecule has 0 spiro atoms. The Balaban J connectivity index is 2.04. The molecule has 0 atom stereocenters. The smallest absolute Gasteiger partial charge is 0.253 e. The van der Waals surface area contributed by atoms with Crippen LogP contribution in [0.2, 0.25) is 0 Å². The lowest BCUT2D eigenvalue weighted by molar-refractivity contribution is 0.0951. The van der Waals surface area contributed by atoms with Crippen LogP contribution < -0.4 is 11.1 Å². The van der Waals surface area contributed by atoms with Gasteiger partial charge in [-0.3, -0.25) is 4.79 Å². The van der Waals surface area contributed by atoms with Crippen LogP contribution in [0.15, 0.2) is 35.1 Å². The summed E-state index contributed by atoms with van der Waals surface area (Å²) in [5.74, 6) is -0.860. The van der Waals surface area contributed by atoms with Crippen molar-refractivity contribution in [2.45, 2.75) is 6.54 Å². The minimum absolute atomic E-state index is 0.0997. The Morgan fingerprint density at radius 3 is 2.94 bits per heavy atom. The number of aromatic nitrogens is 1. The first-order valence-corrected chi connectivity index (χ1v) is 4.89. The van der Waals surface area contributed by atoms with Gasteiger partial charge in [-0.2, -0.15) is 0 Å². The van der Waals surface area contributed by atoms with E-state index in [1.54, 1.807) is 6.07 Å². The lowest BCUT2D eigenvalue weighted by Crippen LogP contribution is -2.24. The first kappa shape index (κ1) is 11.1. The molecule has 0 aliphatic carbocycles. The molecule has 0 aliphatic heterocycles. The van der Waals surface area contributed by atoms with E-state index in [4.69, 9.17) is 5.73 Å². The normalized spacial score (nSPS) is 10.2. The highest BCUT2D eigenvalue weighted by atomic mass is 19.1. The number of rotatable bonds is 3. The van der Waals surface area contributed by atoms with Gasteiger partial charge in [0.05, 0.1) is 12.1 Å². The maximum Gasteiger partial charge on any atom is 0.253 e. The predicted octanol–water partition coefficient (Wildman–Crippen LogP) is 1.33. The maximum absolute atomic E-state index is 12.8. The second kappa shape index (κ2) is 4.65. The van der Waals surface area contributed by atoms with Crippen LogP contribution in [0, 0.1) is 5.82 Å². The molecule has 1 heterocycles. The number of nitrogens with zero attached hydrogens (tertiary/aromatic N) is 1. The summed E-state index contributed by atoms with van der Waals surface area (Å²) in [6.45, 7) is 0.228. The number of nitrogens with two attached hydrogens (primary N) is 1. The van der Waals surface area contributed by atoms with Crippen molar-refractivity contribution in [1.82, 2.24) is 10.5 Å². The average Bonchev–Trinajstić information content (AvgIpc) is 2.78. The molecule has 0 bridgehead atoms. The number of carbonyl (C=O) groups is 1. The van der Waals surface area contributed by atoms with E-state index in [1.165, 1.54) is 18.4 Å². The highest BCUT2D eigenvalue weighted by Crippen LogP contribution is 2.13. The average molecular weight is 235 g/mol. The van der Waals surface area contributed by atoms with Crippen molar-refractivity contribution in [2.24, 2.45) is 0 Å². The maximum atomic E-state index is 12.8. The summed E-state index contributed by atoms with van der Waals surface area (Å²) in [7, 11) is 0. The van der Waals surface area contributed by atoms with Crippen LogP contribution in [0.1, 0.15) is 16.1 Å². The van der Waals surface area contributed by atoms with Gasteiger partial charge in [0.25, 0.3) is 5.91 Å². The third kappa shape index (κ3) is 2.60. The van der Waals surface area contributed by atoms with E-state index in [0.717, 1.165) is 6.07 Å². The number of halogens is 1. The Morgan fingerprint density at radius 1 is 1.47 bits per heavy atom. The molecule has 2 aromatic rings. The largest absolute Gasteiger partial charge is 0.398 e. The zero-order chi connectivity index (χ0) is 12.3. The van der Waals surface area contributed by atoms with Crippen LogP contribution in [0.3, 0.4) is 0 Å². The molecule has 0 unspecified atom stereocenters. The fourth-order valence-electron chi connectivity index (χ4n) is 1.34. The van der Waals surface area contributed by atoms with Crippen molar-refractivity contribution in [1.29, 1.82) is 0 Å². The molecule has 0 radical (unpaired) electrons. The van der Waals surface area contributed by atoms with Crippen molar-refractivity contribution < 1.29 is 13.7 Å². The molecule has 0 saturated heterocycles. The minimum Gasteiger partial charge on any atom is -0.398 e. The number of nitrogens with one attached hydrogen (secondary N) is 1. The molecule has 1 amide bonds. The third-order valence-corrected chi connectivity index (χ3v) is 2.18. The Hall–Kier alpha value is -2.37. The number of anilines is 1. The highest BCUT2D eigenvalue weighted by Gasteiger charge is 2.10. The van der Waals surface area contributed by atoms with E-state index >= 15 is 0 Å². The van der Waals surface area contributed by atoms with E-state index in [0.29, 0.717) is 5.69 Å². The van der Waals surface area contributed by atoms with Crippen LogP contribution in [0.5, 0.6) is 0 Å². The molecular weight excluding hydrogens is 225 g/mol. The van der Waals surface area contributed by atoms with Gasteiger partial charge in [0.15, 0.2) is 0 Å². The molecule has 5 nitrogen and oxygen atoms in total. The molecule has 17 heavy (non-hydrogen) atoms. The van der Waals surface area contributed by atoms with Gasteiger partial charge in [0, 0.05) is 11.8 Å². The summed E-state index contributed by atoms with van der Waals surface area (Å²) in [6.07, 6.45) is 1.41. The van der Waals surface area contributed by atoms with Gasteiger partial charge in [0.1, 0.15) is 17.8 Å². The fraction of sp³-hybridized carbons (Fsp3) is 0.0909. The SMILES string of the molecule is Nc1cc(F)ccc1C(=O)NCc1ccon1. The highest BCUT2D eigenvalue weighted by molar-refractivity contribution is 5.98. The summed E-state index contributed by atoms with van der Waals surface area (Å²) in [4.78, 5) is 11.7. The fourth-order valence-corrected chi connectivity index (χ4v) is 1.34. The van der Waals surface area contributed by atoms with Crippen molar-refractivity contribution in [3.8, 4) is 0 Å². The van der Waals surface area contributed by atoms with Crippen molar-refractivity contribution >= 4 is 11.6 Å². The van der Waals surface area contributed by atoms with Crippen LogP contribution >= 0.6 is 0 Å². The van der Waals surface area contributed by atoms with E-state index < -0.39 is 5.82 Å². The lowest BCUT2D eigenvalue weighted by Gasteiger charge is -2.05. The number of nitrogen functional groups attached to an aromatic ring is 1. The summed E-state index contributed by atoms with van der Waals surface area (Å²) in [6, 6.07) is 5.25. The van der Waals surface area contributed by atoms with Gasteiger partial charge in [-0.25, -0.2) is 4.39 Å². The Bertz CT molecular complexity index is 526. The second-order valence-electron chi connectivity index (χ2n) is 3.41. The second-order valence-corrected chi connectivity index (χ2v) is 3.41. The molecule has 6 heteroatoms. The zero-order valence-corrected chi connectivity index (χ0v) is 8.81. The van der Waals surface area contributed by atoms with E-state index in [-0.39, 0.29) is 23.7 Å². The Morgan fingerprint density at radius 2 is 2.29 bits per heavy atom. The summed E-state index contributed by atoms with van der Waals surface area (Å²) < 4.78 is 17.4. The molecule has 0 saturated carbocycles. The molecule has 88 valence electrons. The number of carbonyl (C=O) groups excluding carboxylic acids is 1. The zero-order valence-electron chi connectivity index (χ0n) is 8.81. The van der Waals surface area contributed by atoms with Crippen LogP contribution in [-0.2, 0) is 6.54 Å². The van der Waals surface area contributed by atoms with Crippen LogP contribution in [-0.4, -0.2) is 11.1 Å². The van der Waals surface area contributed by atoms with E-state index in [2.05, 4.69) is 15.0 Å². The van der Waals surface area contributed by atoms with Gasteiger partial charge in [-0.15, -0.1) is 0 Å². The molecule has 0 fully saturated rings. The monoisotopic (exact) mass is 235 g/mol. The quantitative estimate of drug-likeness (QED) is 0.786. The number of benzene rings is 1. The molecule has 3 N–H and O–H groups in total. The summed E-state index contributed by atoms with van der Waals surface area (Å²) >= 11 is 0. The van der Waals surface area contributed by atoms with Crippen molar-refractivity contribution in [3.63, 3.8) is 0 Å².